The Kier molecular flexibility index (Phi) is 7.20. The van der Waals surface area contributed by atoms with Crippen LogP contribution in [-0.2, 0) is 4.74 Å². The van der Waals surface area contributed by atoms with E-state index in [0.717, 1.165) is 19.1 Å². The largest absolute Gasteiger partial charge is 0.378 e. The summed E-state index contributed by atoms with van der Waals surface area (Å²) in [5.41, 5.74) is 0. The Bertz CT molecular complexity index is 211. The molecule has 1 unspecified atom stereocenters. The lowest BCUT2D eigenvalue weighted by molar-refractivity contribution is -0.0116. The molecule has 1 atom stereocenters. The Morgan fingerprint density at radius 2 is 1.78 bits per heavy atom. The van der Waals surface area contributed by atoms with Gasteiger partial charge in [-0.15, -0.1) is 0 Å². The van der Waals surface area contributed by atoms with Gasteiger partial charge in [0, 0.05) is 25.2 Å². The van der Waals surface area contributed by atoms with Crippen molar-refractivity contribution in [3.05, 3.63) is 0 Å². The van der Waals surface area contributed by atoms with E-state index in [1.807, 2.05) is 0 Å². The number of likely N-dealkylation sites (N-methyl/N-ethyl adjacent to an activating group) is 1. The van der Waals surface area contributed by atoms with Crippen LogP contribution in [0.1, 0.15) is 46.5 Å². The smallest absolute Gasteiger partial charge is 0.0604 e. The maximum Gasteiger partial charge on any atom is 0.0604 e. The van der Waals surface area contributed by atoms with Crippen molar-refractivity contribution in [3.8, 4) is 0 Å². The van der Waals surface area contributed by atoms with Gasteiger partial charge in [-0.3, -0.25) is 0 Å². The SMILES string of the molecule is CCOC1CC(NCC(C(CC)CC)N(C)C)C1. The van der Waals surface area contributed by atoms with Gasteiger partial charge < -0.3 is 15.0 Å². The van der Waals surface area contributed by atoms with Gasteiger partial charge in [-0.1, -0.05) is 26.7 Å². The van der Waals surface area contributed by atoms with Crippen LogP contribution in [0.4, 0.5) is 0 Å². The summed E-state index contributed by atoms with van der Waals surface area (Å²) in [7, 11) is 4.41. The Balaban J connectivity index is 2.27. The maximum absolute atomic E-state index is 5.60. The molecule has 1 rings (SSSR count). The van der Waals surface area contributed by atoms with E-state index in [2.05, 4.69) is 45.1 Å². The third-order valence-electron chi connectivity index (χ3n) is 4.37. The van der Waals surface area contributed by atoms with Crippen molar-refractivity contribution in [2.24, 2.45) is 5.92 Å². The van der Waals surface area contributed by atoms with Crippen molar-refractivity contribution < 1.29 is 4.74 Å². The monoisotopic (exact) mass is 256 g/mol. The molecule has 0 aromatic heterocycles. The number of rotatable bonds is 9. The highest BCUT2D eigenvalue weighted by molar-refractivity contribution is 4.88. The minimum absolute atomic E-state index is 0.512. The summed E-state index contributed by atoms with van der Waals surface area (Å²) in [6, 6.07) is 1.34. The third kappa shape index (κ3) is 4.52. The lowest BCUT2D eigenvalue weighted by Crippen LogP contribution is -2.51. The lowest BCUT2D eigenvalue weighted by atomic mass is 9.88. The number of nitrogens with one attached hydrogen (secondary N) is 1. The Morgan fingerprint density at radius 3 is 2.22 bits per heavy atom. The standard InChI is InChI=1S/C15H32N2O/c1-6-12(7-2)15(17(4)5)11-16-13-9-14(10-13)18-8-3/h12-16H,6-11H2,1-5H3. The first kappa shape index (κ1) is 15.9. The minimum atomic E-state index is 0.512. The molecule has 0 aromatic carbocycles. The van der Waals surface area contributed by atoms with Crippen LogP contribution in [0.15, 0.2) is 0 Å². The van der Waals surface area contributed by atoms with Crippen molar-refractivity contribution in [1.82, 2.24) is 10.2 Å². The average molecular weight is 256 g/mol. The van der Waals surface area contributed by atoms with Gasteiger partial charge in [-0.25, -0.2) is 0 Å². The number of nitrogens with zero attached hydrogens (tertiary/aromatic N) is 1. The van der Waals surface area contributed by atoms with E-state index >= 15 is 0 Å². The van der Waals surface area contributed by atoms with E-state index < -0.39 is 0 Å². The Labute approximate surface area is 113 Å². The molecule has 1 saturated carbocycles. The molecular formula is C15H32N2O. The molecule has 0 saturated heterocycles. The predicted molar refractivity (Wildman–Crippen MR) is 78.0 cm³/mol. The molecule has 1 fully saturated rings. The second-order valence-electron chi connectivity index (χ2n) is 5.76. The van der Waals surface area contributed by atoms with E-state index in [9.17, 15) is 0 Å². The molecule has 3 heteroatoms. The second kappa shape index (κ2) is 8.13. The number of hydrogen-bond donors (Lipinski definition) is 1. The van der Waals surface area contributed by atoms with Crippen molar-refractivity contribution in [1.29, 1.82) is 0 Å². The Hall–Kier alpha value is -0.120. The van der Waals surface area contributed by atoms with Gasteiger partial charge in [0.2, 0.25) is 0 Å². The molecule has 108 valence electrons. The van der Waals surface area contributed by atoms with Crippen LogP contribution in [0.25, 0.3) is 0 Å². The van der Waals surface area contributed by atoms with Gasteiger partial charge in [-0.2, -0.15) is 0 Å². The average Bonchev–Trinajstić information content (AvgIpc) is 2.30. The summed E-state index contributed by atoms with van der Waals surface area (Å²) in [4.78, 5) is 2.38. The highest BCUT2D eigenvalue weighted by Gasteiger charge is 2.30. The van der Waals surface area contributed by atoms with Crippen LogP contribution in [0.5, 0.6) is 0 Å². The molecule has 0 amide bonds. The first-order valence-corrected chi connectivity index (χ1v) is 7.63. The molecule has 1 aliphatic carbocycles. The van der Waals surface area contributed by atoms with Crippen molar-refractivity contribution in [3.63, 3.8) is 0 Å². The van der Waals surface area contributed by atoms with Crippen molar-refractivity contribution in [2.45, 2.75) is 64.6 Å². The normalized spacial score (nSPS) is 25.5. The third-order valence-corrected chi connectivity index (χ3v) is 4.37. The van der Waals surface area contributed by atoms with Gasteiger partial charge in [0.25, 0.3) is 0 Å². The van der Waals surface area contributed by atoms with Crippen LogP contribution in [0.3, 0.4) is 0 Å². The predicted octanol–water partition coefficient (Wildman–Crippen LogP) is 2.51. The topological polar surface area (TPSA) is 24.5 Å². The summed E-state index contributed by atoms with van der Waals surface area (Å²) >= 11 is 0. The summed E-state index contributed by atoms with van der Waals surface area (Å²) in [5.74, 6) is 0.801. The van der Waals surface area contributed by atoms with Crippen LogP contribution in [0, 0.1) is 5.92 Å². The molecule has 0 aliphatic heterocycles. The fraction of sp³-hybridized carbons (Fsp3) is 1.00. The first-order chi connectivity index (χ1) is 8.62. The highest BCUT2D eigenvalue weighted by atomic mass is 16.5. The van der Waals surface area contributed by atoms with Crippen LogP contribution >= 0.6 is 0 Å². The van der Waals surface area contributed by atoms with E-state index in [-0.39, 0.29) is 0 Å². The fourth-order valence-electron chi connectivity index (χ4n) is 3.00. The molecule has 0 heterocycles. The highest BCUT2D eigenvalue weighted by Crippen LogP contribution is 2.24. The summed E-state index contributed by atoms with van der Waals surface area (Å²) < 4.78 is 5.60. The molecule has 0 radical (unpaired) electrons. The van der Waals surface area contributed by atoms with Crippen LogP contribution < -0.4 is 5.32 Å². The molecule has 0 spiro atoms. The molecule has 18 heavy (non-hydrogen) atoms. The molecule has 1 N–H and O–H groups in total. The summed E-state index contributed by atoms with van der Waals surface area (Å²) in [6.07, 6.45) is 5.44. The first-order valence-electron chi connectivity index (χ1n) is 7.63. The fourth-order valence-corrected chi connectivity index (χ4v) is 3.00. The van der Waals surface area contributed by atoms with Gasteiger partial charge >= 0.3 is 0 Å². The van der Waals surface area contributed by atoms with Gasteiger partial charge in [0.1, 0.15) is 0 Å². The molecule has 1 aliphatic rings. The zero-order chi connectivity index (χ0) is 13.5. The van der Waals surface area contributed by atoms with Crippen molar-refractivity contribution in [2.75, 3.05) is 27.2 Å². The number of ether oxygens (including phenoxy) is 1. The summed E-state index contributed by atoms with van der Waals surface area (Å²) in [6.45, 7) is 8.66. The maximum atomic E-state index is 5.60. The van der Waals surface area contributed by atoms with Crippen molar-refractivity contribution >= 4 is 0 Å². The molecule has 0 aromatic rings. The second-order valence-corrected chi connectivity index (χ2v) is 5.76. The lowest BCUT2D eigenvalue weighted by Gasteiger charge is -2.38. The van der Waals surface area contributed by atoms with Gasteiger partial charge in [-0.05, 0) is 39.8 Å². The molecule has 0 bridgehead atoms. The Morgan fingerprint density at radius 1 is 1.17 bits per heavy atom. The van der Waals surface area contributed by atoms with Gasteiger partial charge in [0.15, 0.2) is 0 Å². The molecule has 3 nitrogen and oxygen atoms in total. The zero-order valence-electron chi connectivity index (χ0n) is 12.9. The molecular weight excluding hydrogens is 224 g/mol. The van der Waals surface area contributed by atoms with Gasteiger partial charge in [0.05, 0.1) is 6.10 Å². The van der Waals surface area contributed by atoms with E-state index in [4.69, 9.17) is 4.74 Å². The van der Waals surface area contributed by atoms with E-state index in [1.165, 1.54) is 25.7 Å². The quantitative estimate of drug-likeness (QED) is 0.686. The number of hydrogen-bond acceptors (Lipinski definition) is 3. The summed E-state index contributed by atoms with van der Waals surface area (Å²) in [5, 5.41) is 3.72. The van der Waals surface area contributed by atoms with E-state index in [0.29, 0.717) is 18.2 Å². The van der Waals surface area contributed by atoms with E-state index in [1.54, 1.807) is 0 Å². The minimum Gasteiger partial charge on any atom is -0.378 e. The van der Waals surface area contributed by atoms with Crippen LogP contribution in [0.2, 0.25) is 0 Å². The zero-order valence-corrected chi connectivity index (χ0v) is 12.9. The van der Waals surface area contributed by atoms with Crippen LogP contribution in [-0.4, -0.2) is 50.3 Å².